The molecular formula is C10H12N4O. The second kappa shape index (κ2) is 4.45. The van der Waals surface area contributed by atoms with Gasteiger partial charge in [-0.15, -0.1) is 0 Å². The highest BCUT2D eigenvalue weighted by Crippen LogP contribution is 2.15. The standard InChI is InChI=1S/C10H12N4O/c1-15-10-4-2-8(3-5-10)11-6-9-7-12-14-13-9/h2-5,7,11H,6H2,1H3,(H,12,13,14). The van der Waals surface area contributed by atoms with Crippen LogP contribution in [0.4, 0.5) is 5.69 Å². The molecule has 0 bridgehead atoms. The van der Waals surface area contributed by atoms with Gasteiger partial charge in [-0.2, -0.15) is 15.4 Å². The number of methoxy groups -OCH3 is 1. The summed E-state index contributed by atoms with van der Waals surface area (Å²) in [5, 5.41) is 13.5. The number of nitrogens with one attached hydrogen (secondary N) is 2. The number of hydrogen-bond acceptors (Lipinski definition) is 4. The first kappa shape index (κ1) is 9.51. The van der Waals surface area contributed by atoms with Gasteiger partial charge in [0.05, 0.1) is 19.9 Å². The minimum Gasteiger partial charge on any atom is -0.497 e. The predicted octanol–water partition coefficient (Wildman–Crippen LogP) is 1.43. The van der Waals surface area contributed by atoms with Gasteiger partial charge in [0.1, 0.15) is 11.4 Å². The van der Waals surface area contributed by atoms with Crippen LogP contribution >= 0.6 is 0 Å². The van der Waals surface area contributed by atoms with Gasteiger partial charge in [-0.1, -0.05) is 0 Å². The van der Waals surface area contributed by atoms with E-state index in [0.29, 0.717) is 6.54 Å². The highest BCUT2D eigenvalue weighted by atomic mass is 16.5. The van der Waals surface area contributed by atoms with Gasteiger partial charge in [-0.3, -0.25) is 0 Å². The Morgan fingerprint density at radius 3 is 2.73 bits per heavy atom. The third kappa shape index (κ3) is 2.46. The van der Waals surface area contributed by atoms with Crippen LogP contribution in [0.5, 0.6) is 5.75 Å². The van der Waals surface area contributed by atoms with Crippen LogP contribution in [0.25, 0.3) is 0 Å². The Hall–Kier alpha value is -2.04. The number of benzene rings is 1. The van der Waals surface area contributed by atoms with Gasteiger partial charge in [0.25, 0.3) is 0 Å². The van der Waals surface area contributed by atoms with Gasteiger partial charge in [-0.25, -0.2) is 0 Å². The Morgan fingerprint density at radius 2 is 2.13 bits per heavy atom. The lowest BCUT2D eigenvalue weighted by molar-refractivity contribution is 0.415. The van der Waals surface area contributed by atoms with E-state index in [-0.39, 0.29) is 0 Å². The minimum atomic E-state index is 0.656. The number of anilines is 1. The molecule has 0 aliphatic rings. The van der Waals surface area contributed by atoms with Gasteiger partial charge < -0.3 is 10.1 Å². The average molecular weight is 204 g/mol. The first-order valence-electron chi connectivity index (χ1n) is 4.61. The summed E-state index contributed by atoms with van der Waals surface area (Å²) in [6.07, 6.45) is 1.69. The van der Waals surface area contributed by atoms with Crippen LogP contribution in [0.3, 0.4) is 0 Å². The number of nitrogens with zero attached hydrogens (tertiary/aromatic N) is 2. The molecule has 0 radical (unpaired) electrons. The van der Waals surface area contributed by atoms with Crippen molar-refractivity contribution in [3.63, 3.8) is 0 Å². The van der Waals surface area contributed by atoms with E-state index in [2.05, 4.69) is 20.7 Å². The summed E-state index contributed by atoms with van der Waals surface area (Å²) in [5.74, 6) is 0.849. The fourth-order valence-electron chi connectivity index (χ4n) is 1.21. The largest absolute Gasteiger partial charge is 0.497 e. The zero-order valence-electron chi connectivity index (χ0n) is 8.40. The molecule has 0 spiro atoms. The molecule has 0 saturated heterocycles. The third-order valence-electron chi connectivity index (χ3n) is 2.03. The molecule has 1 heterocycles. The molecule has 0 saturated carbocycles. The SMILES string of the molecule is COc1ccc(NCc2cn[nH]n2)cc1. The fourth-order valence-corrected chi connectivity index (χ4v) is 1.21. The molecule has 0 fully saturated rings. The maximum atomic E-state index is 5.06. The topological polar surface area (TPSA) is 62.8 Å². The van der Waals surface area contributed by atoms with Crippen LogP contribution in [0.15, 0.2) is 30.5 Å². The molecule has 0 amide bonds. The summed E-state index contributed by atoms with van der Waals surface area (Å²) in [5.41, 5.74) is 1.91. The van der Waals surface area contributed by atoms with Gasteiger partial charge in [0, 0.05) is 5.69 Å². The molecular weight excluding hydrogens is 192 g/mol. The van der Waals surface area contributed by atoms with Crippen molar-refractivity contribution in [2.75, 3.05) is 12.4 Å². The molecule has 0 aliphatic heterocycles. The van der Waals surface area contributed by atoms with E-state index < -0.39 is 0 Å². The average Bonchev–Trinajstić information content (AvgIpc) is 2.80. The zero-order valence-corrected chi connectivity index (χ0v) is 8.40. The monoisotopic (exact) mass is 204 g/mol. The van der Waals surface area contributed by atoms with E-state index in [9.17, 15) is 0 Å². The zero-order chi connectivity index (χ0) is 10.5. The maximum absolute atomic E-state index is 5.06. The molecule has 1 aromatic carbocycles. The van der Waals surface area contributed by atoms with Crippen molar-refractivity contribution >= 4 is 5.69 Å². The van der Waals surface area contributed by atoms with Gasteiger partial charge in [0.2, 0.25) is 0 Å². The normalized spacial score (nSPS) is 9.93. The molecule has 0 aliphatic carbocycles. The van der Waals surface area contributed by atoms with Crippen molar-refractivity contribution < 1.29 is 4.74 Å². The van der Waals surface area contributed by atoms with E-state index in [0.717, 1.165) is 17.1 Å². The van der Waals surface area contributed by atoms with E-state index in [1.807, 2.05) is 24.3 Å². The summed E-state index contributed by atoms with van der Waals surface area (Å²) in [7, 11) is 1.65. The molecule has 2 N–H and O–H groups in total. The van der Waals surface area contributed by atoms with E-state index in [1.165, 1.54) is 0 Å². The first-order valence-corrected chi connectivity index (χ1v) is 4.61. The number of hydrogen-bond donors (Lipinski definition) is 2. The second-order valence-corrected chi connectivity index (χ2v) is 3.04. The van der Waals surface area contributed by atoms with E-state index in [4.69, 9.17) is 4.74 Å². The van der Waals surface area contributed by atoms with Crippen molar-refractivity contribution in [1.82, 2.24) is 15.4 Å². The quantitative estimate of drug-likeness (QED) is 0.790. The van der Waals surface area contributed by atoms with Crippen molar-refractivity contribution in [3.05, 3.63) is 36.2 Å². The van der Waals surface area contributed by atoms with Crippen molar-refractivity contribution in [3.8, 4) is 5.75 Å². The fraction of sp³-hybridized carbons (Fsp3) is 0.200. The molecule has 2 aromatic rings. The van der Waals surface area contributed by atoms with Gasteiger partial charge in [-0.05, 0) is 24.3 Å². The highest BCUT2D eigenvalue weighted by molar-refractivity contribution is 5.46. The molecule has 5 heteroatoms. The molecule has 78 valence electrons. The smallest absolute Gasteiger partial charge is 0.119 e. The van der Waals surface area contributed by atoms with E-state index in [1.54, 1.807) is 13.3 Å². The maximum Gasteiger partial charge on any atom is 0.119 e. The minimum absolute atomic E-state index is 0.656. The number of ether oxygens (including phenoxy) is 1. The van der Waals surface area contributed by atoms with Crippen LogP contribution in [0.1, 0.15) is 5.69 Å². The summed E-state index contributed by atoms with van der Waals surface area (Å²) in [6.45, 7) is 0.656. The van der Waals surface area contributed by atoms with Crippen LogP contribution < -0.4 is 10.1 Å². The lowest BCUT2D eigenvalue weighted by Crippen LogP contribution is -1.99. The lowest BCUT2D eigenvalue weighted by Gasteiger charge is -2.04. The lowest BCUT2D eigenvalue weighted by atomic mass is 10.3. The summed E-state index contributed by atoms with van der Waals surface area (Å²) in [4.78, 5) is 0. The van der Waals surface area contributed by atoms with Crippen molar-refractivity contribution in [2.24, 2.45) is 0 Å². The molecule has 5 nitrogen and oxygen atoms in total. The number of rotatable bonds is 4. The summed E-state index contributed by atoms with van der Waals surface area (Å²) in [6, 6.07) is 7.73. The second-order valence-electron chi connectivity index (χ2n) is 3.04. The first-order chi connectivity index (χ1) is 7.38. The molecule has 1 aromatic heterocycles. The van der Waals surface area contributed by atoms with Crippen molar-refractivity contribution in [2.45, 2.75) is 6.54 Å². The van der Waals surface area contributed by atoms with Crippen LogP contribution in [0, 0.1) is 0 Å². The van der Waals surface area contributed by atoms with E-state index >= 15 is 0 Å². The Labute approximate surface area is 87.5 Å². The number of aromatic amines is 1. The number of aromatic nitrogens is 3. The van der Waals surface area contributed by atoms with Crippen LogP contribution in [-0.2, 0) is 6.54 Å². The van der Waals surface area contributed by atoms with Crippen LogP contribution in [0.2, 0.25) is 0 Å². The summed E-state index contributed by atoms with van der Waals surface area (Å²) < 4.78 is 5.06. The van der Waals surface area contributed by atoms with Crippen molar-refractivity contribution in [1.29, 1.82) is 0 Å². The number of H-pyrrole nitrogens is 1. The Morgan fingerprint density at radius 1 is 1.33 bits per heavy atom. The molecule has 15 heavy (non-hydrogen) atoms. The highest BCUT2D eigenvalue weighted by Gasteiger charge is 1.96. The van der Waals surface area contributed by atoms with Gasteiger partial charge >= 0.3 is 0 Å². The molecule has 0 unspecified atom stereocenters. The Bertz CT molecular complexity index is 396. The Balaban J connectivity index is 1.93. The van der Waals surface area contributed by atoms with Gasteiger partial charge in [0.15, 0.2) is 0 Å². The molecule has 0 atom stereocenters. The molecule has 2 rings (SSSR count). The Kier molecular flexibility index (Phi) is 2.82. The predicted molar refractivity (Wildman–Crippen MR) is 56.7 cm³/mol. The van der Waals surface area contributed by atoms with Crippen LogP contribution in [-0.4, -0.2) is 22.5 Å². The summed E-state index contributed by atoms with van der Waals surface area (Å²) >= 11 is 0. The third-order valence-corrected chi connectivity index (χ3v) is 2.03.